The SMILES string of the molecule is CN=C1C=CC2C(=C1)Oc1cc(N(C)C)ccc1C2c1ccccc1C(=O)OC. The number of anilines is 1. The molecule has 0 bridgehead atoms. The summed E-state index contributed by atoms with van der Waals surface area (Å²) in [5, 5.41) is 0. The van der Waals surface area contributed by atoms with Crippen LogP contribution in [0.4, 0.5) is 5.69 Å². The average Bonchev–Trinajstić information content (AvgIpc) is 2.76. The molecule has 0 saturated heterocycles. The molecule has 0 fully saturated rings. The minimum atomic E-state index is -0.334. The van der Waals surface area contributed by atoms with E-state index in [9.17, 15) is 4.79 Å². The summed E-state index contributed by atoms with van der Waals surface area (Å²) in [6, 6.07) is 13.9. The van der Waals surface area contributed by atoms with Crippen molar-refractivity contribution in [3.63, 3.8) is 0 Å². The number of methoxy groups -OCH3 is 1. The van der Waals surface area contributed by atoms with E-state index in [1.165, 1.54) is 7.11 Å². The molecule has 5 nitrogen and oxygen atoms in total. The van der Waals surface area contributed by atoms with Gasteiger partial charge in [0, 0.05) is 56.4 Å². The van der Waals surface area contributed by atoms with Crippen LogP contribution in [0.15, 0.2) is 71.4 Å². The van der Waals surface area contributed by atoms with E-state index in [0.29, 0.717) is 5.56 Å². The zero-order valence-electron chi connectivity index (χ0n) is 17.0. The molecule has 2 aromatic carbocycles. The van der Waals surface area contributed by atoms with Gasteiger partial charge in [-0.25, -0.2) is 4.79 Å². The quantitative estimate of drug-likeness (QED) is 0.740. The maximum atomic E-state index is 12.5. The molecule has 29 heavy (non-hydrogen) atoms. The minimum absolute atomic E-state index is 0.0241. The molecular weight excluding hydrogens is 364 g/mol. The highest BCUT2D eigenvalue weighted by atomic mass is 16.5. The van der Waals surface area contributed by atoms with Gasteiger partial charge in [0.25, 0.3) is 0 Å². The van der Waals surface area contributed by atoms with Crippen LogP contribution in [0.1, 0.15) is 27.4 Å². The molecule has 0 aromatic heterocycles. The van der Waals surface area contributed by atoms with Gasteiger partial charge in [-0.1, -0.05) is 30.3 Å². The Bertz CT molecular complexity index is 1050. The highest BCUT2D eigenvalue weighted by Gasteiger charge is 2.38. The Hall–Kier alpha value is -3.34. The van der Waals surface area contributed by atoms with E-state index in [4.69, 9.17) is 9.47 Å². The second-order valence-corrected chi connectivity index (χ2v) is 7.36. The average molecular weight is 388 g/mol. The summed E-state index contributed by atoms with van der Waals surface area (Å²) in [7, 11) is 7.18. The predicted molar refractivity (Wildman–Crippen MR) is 115 cm³/mol. The maximum Gasteiger partial charge on any atom is 0.338 e. The van der Waals surface area contributed by atoms with E-state index in [1.54, 1.807) is 7.05 Å². The first-order valence-corrected chi connectivity index (χ1v) is 9.56. The van der Waals surface area contributed by atoms with Gasteiger partial charge < -0.3 is 14.4 Å². The molecule has 0 saturated carbocycles. The van der Waals surface area contributed by atoms with Crippen molar-refractivity contribution in [2.75, 3.05) is 33.2 Å². The van der Waals surface area contributed by atoms with Crippen molar-refractivity contribution in [3.05, 3.63) is 83.1 Å². The smallest absolute Gasteiger partial charge is 0.338 e. The zero-order chi connectivity index (χ0) is 20.5. The summed E-state index contributed by atoms with van der Waals surface area (Å²) in [6.45, 7) is 0. The Kier molecular flexibility index (Phi) is 4.97. The predicted octanol–water partition coefficient (Wildman–Crippen LogP) is 4.20. The summed E-state index contributed by atoms with van der Waals surface area (Å²) in [5.41, 5.74) is 4.48. The van der Waals surface area contributed by atoms with Crippen LogP contribution in [0.2, 0.25) is 0 Å². The molecule has 2 atom stereocenters. The van der Waals surface area contributed by atoms with Crippen LogP contribution in [0.25, 0.3) is 0 Å². The van der Waals surface area contributed by atoms with Crippen molar-refractivity contribution in [3.8, 4) is 5.75 Å². The van der Waals surface area contributed by atoms with E-state index in [-0.39, 0.29) is 17.8 Å². The van der Waals surface area contributed by atoms with Gasteiger partial charge in [0.2, 0.25) is 0 Å². The van der Waals surface area contributed by atoms with Gasteiger partial charge in [-0.05, 0) is 23.8 Å². The van der Waals surface area contributed by atoms with Gasteiger partial charge in [-0.15, -0.1) is 0 Å². The summed E-state index contributed by atoms with van der Waals surface area (Å²) in [4.78, 5) is 18.8. The first-order chi connectivity index (χ1) is 14.0. The van der Waals surface area contributed by atoms with Crippen LogP contribution in [0, 0.1) is 5.92 Å². The summed E-state index contributed by atoms with van der Waals surface area (Å²) >= 11 is 0. The monoisotopic (exact) mass is 388 g/mol. The molecule has 2 aliphatic rings. The van der Waals surface area contributed by atoms with E-state index in [1.807, 2.05) is 61.5 Å². The number of hydrogen-bond acceptors (Lipinski definition) is 5. The molecule has 0 amide bonds. The number of benzene rings is 2. The molecule has 0 radical (unpaired) electrons. The van der Waals surface area contributed by atoms with Crippen molar-refractivity contribution in [2.45, 2.75) is 5.92 Å². The Morgan fingerprint density at radius 1 is 1.14 bits per heavy atom. The van der Waals surface area contributed by atoms with Crippen LogP contribution in [0.3, 0.4) is 0 Å². The molecule has 1 aliphatic heterocycles. The first kappa shape index (κ1) is 19.0. The molecule has 0 N–H and O–H groups in total. The highest BCUT2D eigenvalue weighted by Crippen LogP contribution is 2.48. The Balaban J connectivity index is 1.93. The van der Waals surface area contributed by atoms with Crippen LogP contribution in [-0.2, 0) is 4.74 Å². The Morgan fingerprint density at radius 3 is 2.66 bits per heavy atom. The topological polar surface area (TPSA) is 51.1 Å². The number of hydrogen-bond donors (Lipinski definition) is 0. The van der Waals surface area contributed by atoms with Crippen LogP contribution in [-0.4, -0.2) is 39.9 Å². The first-order valence-electron chi connectivity index (χ1n) is 9.56. The van der Waals surface area contributed by atoms with Gasteiger partial charge >= 0.3 is 5.97 Å². The lowest BCUT2D eigenvalue weighted by Gasteiger charge is -2.36. The number of allylic oxidation sites excluding steroid dienone is 3. The fourth-order valence-corrected chi connectivity index (χ4v) is 3.99. The van der Waals surface area contributed by atoms with Gasteiger partial charge in [0.1, 0.15) is 11.5 Å². The Morgan fingerprint density at radius 2 is 1.93 bits per heavy atom. The fourth-order valence-electron chi connectivity index (χ4n) is 3.99. The number of carbonyl (C=O) groups is 1. The number of ether oxygens (including phenoxy) is 2. The van der Waals surface area contributed by atoms with Crippen molar-refractivity contribution in [1.29, 1.82) is 0 Å². The fraction of sp³-hybridized carbons (Fsp3) is 0.250. The Labute approximate surface area is 171 Å². The molecule has 1 aliphatic carbocycles. The van der Waals surface area contributed by atoms with E-state index >= 15 is 0 Å². The van der Waals surface area contributed by atoms with Gasteiger partial charge in [0.05, 0.1) is 18.4 Å². The second kappa shape index (κ2) is 7.59. The largest absolute Gasteiger partial charge is 0.465 e. The number of rotatable bonds is 3. The van der Waals surface area contributed by atoms with Gasteiger partial charge in [0.15, 0.2) is 0 Å². The van der Waals surface area contributed by atoms with E-state index in [2.05, 4.69) is 23.2 Å². The van der Waals surface area contributed by atoms with E-state index in [0.717, 1.165) is 34.0 Å². The van der Waals surface area contributed by atoms with E-state index < -0.39 is 0 Å². The van der Waals surface area contributed by atoms with Crippen LogP contribution in [0.5, 0.6) is 5.75 Å². The molecule has 148 valence electrons. The van der Waals surface area contributed by atoms with Crippen LogP contribution < -0.4 is 9.64 Å². The number of carbonyl (C=O) groups excluding carboxylic acids is 1. The van der Waals surface area contributed by atoms with Crippen molar-refractivity contribution in [2.24, 2.45) is 10.9 Å². The summed E-state index contributed by atoms with van der Waals surface area (Å²) < 4.78 is 11.4. The summed E-state index contributed by atoms with van der Waals surface area (Å²) in [5.74, 6) is 1.21. The van der Waals surface area contributed by atoms with Gasteiger partial charge in [-0.2, -0.15) is 0 Å². The molecule has 4 rings (SSSR count). The van der Waals surface area contributed by atoms with Crippen molar-refractivity contribution < 1.29 is 14.3 Å². The number of fused-ring (bicyclic) bond motifs is 2. The number of nitrogens with zero attached hydrogens (tertiary/aromatic N) is 2. The van der Waals surface area contributed by atoms with Crippen LogP contribution >= 0.6 is 0 Å². The molecule has 5 heteroatoms. The molecule has 0 spiro atoms. The lowest BCUT2D eigenvalue weighted by atomic mass is 9.74. The third-order valence-corrected chi connectivity index (χ3v) is 5.49. The van der Waals surface area contributed by atoms with Crippen molar-refractivity contribution >= 4 is 17.4 Å². The molecular formula is C24H24N2O3. The lowest BCUT2D eigenvalue weighted by molar-refractivity contribution is 0.0598. The van der Waals surface area contributed by atoms with Crippen molar-refractivity contribution in [1.82, 2.24) is 0 Å². The second-order valence-electron chi connectivity index (χ2n) is 7.36. The lowest BCUT2D eigenvalue weighted by Crippen LogP contribution is -2.28. The molecule has 2 unspecified atom stereocenters. The number of esters is 1. The minimum Gasteiger partial charge on any atom is -0.465 e. The standard InChI is InChI=1S/C24H24N2O3/c1-25-15-9-11-19-21(13-15)29-22-14-16(26(2)3)10-12-20(22)23(19)17-7-5-6-8-18(17)24(27)28-4/h5-14,19,23H,1-4H3. The normalized spacial score (nSPS) is 21.0. The third kappa shape index (κ3) is 3.33. The maximum absolute atomic E-state index is 12.5. The molecule has 2 aromatic rings. The third-order valence-electron chi connectivity index (χ3n) is 5.49. The summed E-state index contributed by atoms with van der Waals surface area (Å²) in [6.07, 6.45) is 6.09. The zero-order valence-corrected chi connectivity index (χ0v) is 17.0. The highest BCUT2D eigenvalue weighted by molar-refractivity contribution is 6.05. The van der Waals surface area contributed by atoms with Gasteiger partial charge in [-0.3, -0.25) is 4.99 Å². The molecule has 1 heterocycles. The number of aliphatic imine (C=N–C) groups is 1.